The molecule has 0 unspecified atom stereocenters. The second kappa shape index (κ2) is 8.68. The standard InChI is InChI=1S/C19H17FN2O4S/c20-13-5-1-2-6-14(13)21-17(23)11-26-19(25)9-10-22-15-7-3-4-8-16(15)27-12-18(22)24/h1-8H,9-12H2,(H,21,23). The summed E-state index contributed by atoms with van der Waals surface area (Å²) in [5.74, 6) is -1.58. The zero-order chi connectivity index (χ0) is 19.2. The fraction of sp³-hybridized carbons (Fsp3) is 0.211. The Morgan fingerprint density at radius 1 is 1.15 bits per heavy atom. The summed E-state index contributed by atoms with van der Waals surface area (Å²) in [5, 5.41) is 2.33. The number of nitrogens with zero attached hydrogens (tertiary/aromatic N) is 1. The van der Waals surface area contributed by atoms with Gasteiger partial charge in [0.2, 0.25) is 5.91 Å². The number of thioether (sulfide) groups is 1. The molecule has 0 aromatic heterocycles. The van der Waals surface area contributed by atoms with E-state index in [1.807, 2.05) is 24.3 Å². The first kappa shape index (κ1) is 18.9. The van der Waals surface area contributed by atoms with E-state index in [1.54, 1.807) is 11.0 Å². The summed E-state index contributed by atoms with van der Waals surface area (Å²) in [6.07, 6.45) is -0.0439. The molecule has 0 fully saturated rings. The Morgan fingerprint density at radius 2 is 1.89 bits per heavy atom. The van der Waals surface area contributed by atoms with E-state index in [0.29, 0.717) is 5.75 Å². The van der Waals surface area contributed by atoms with Crippen molar-refractivity contribution in [3.05, 3.63) is 54.3 Å². The Kier molecular flexibility index (Phi) is 6.08. The molecule has 140 valence electrons. The molecule has 6 nitrogen and oxygen atoms in total. The Hall–Kier alpha value is -2.87. The van der Waals surface area contributed by atoms with Gasteiger partial charge in [0.05, 0.1) is 23.5 Å². The summed E-state index contributed by atoms with van der Waals surface area (Å²) < 4.78 is 18.4. The van der Waals surface area contributed by atoms with Crippen LogP contribution in [0.5, 0.6) is 0 Å². The lowest BCUT2D eigenvalue weighted by atomic mass is 10.2. The van der Waals surface area contributed by atoms with Crippen molar-refractivity contribution in [1.29, 1.82) is 0 Å². The lowest BCUT2D eigenvalue weighted by Crippen LogP contribution is -2.37. The Balaban J connectivity index is 1.48. The third kappa shape index (κ3) is 4.85. The number of hydrogen-bond donors (Lipinski definition) is 1. The zero-order valence-corrected chi connectivity index (χ0v) is 15.1. The van der Waals surface area contributed by atoms with Crippen molar-refractivity contribution < 1.29 is 23.5 Å². The molecule has 2 aromatic rings. The van der Waals surface area contributed by atoms with Gasteiger partial charge in [-0.1, -0.05) is 24.3 Å². The third-order valence-electron chi connectivity index (χ3n) is 3.86. The maximum absolute atomic E-state index is 13.5. The van der Waals surface area contributed by atoms with Crippen molar-refractivity contribution in [1.82, 2.24) is 0 Å². The van der Waals surface area contributed by atoms with Crippen LogP contribution in [0.3, 0.4) is 0 Å². The fourth-order valence-corrected chi connectivity index (χ4v) is 3.51. The number of rotatable bonds is 6. The van der Waals surface area contributed by atoms with E-state index in [4.69, 9.17) is 4.74 Å². The summed E-state index contributed by atoms with van der Waals surface area (Å²) >= 11 is 1.46. The molecule has 0 saturated carbocycles. The molecule has 0 atom stereocenters. The number of fused-ring (bicyclic) bond motifs is 1. The second-order valence-electron chi connectivity index (χ2n) is 5.74. The van der Waals surface area contributed by atoms with Crippen LogP contribution in [-0.2, 0) is 19.1 Å². The van der Waals surface area contributed by atoms with Gasteiger partial charge in [0.25, 0.3) is 5.91 Å². The number of benzene rings is 2. The van der Waals surface area contributed by atoms with Gasteiger partial charge in [0, 0.05) is 11.4 Å². The molecule has 2 amide bonds. The van der Waals surface area contributed by atoms with E-state index in [-0.39, 0.29) is 24.6 Å². The normalized spacial score (nSPS) is 13.1. The highest BCUT2D eigenvalue weighted by Gasteiger charge is 2.25. The third-order valence-corrected chi connectivity index (χ3v) is 4.91. The molecule has 27 heavy (non-hydrogen) atoms. The van der Waals surface area contributed by atoms with Crippen LogP contribution < -0.4 is 10.2 Å². The molecule has 0 bridgehead atoms. The van der Waals surface area contributed by atoms with E-state index in [2.05, 4.69) is 5.32 Å². The highest BCUT2D eigenvalue weighted by Crippen LogP contribution is 2.34. The highest BCUT2D eigenvalue weighted by molar-refractivity contribution is 8.00. The second-order valence-corrected chi connectivity index (χ2v) is 6.76. The van der Waals surface area contributed by atoms with E-state index < -0.39 is 24.3 Å². The van der Waals surface area contributed by atoms with Crippen LogP contribution in [0.2, 0.25) is 0 Å². The van der Waals surface area contributed by atoms with Crippen molar-refractivity contribution in [3.8, 4) is 0 Å². The fourth-order valence-electron chi connectivity index (χ4n) is 2.57. The zero-order valence-electron chi connectivity index (χ0n) is 14.3. The maximum Gasteiger partial charge on any atom is 0.308 e. The smallest absolute Gasteiger partial charge is 0.308 e. The number of esters is 1. The van der Waals surface area contributed by atoms with Gasteiger partial charge in [-0.2, -0.15) is 0 Å². The van der Waals surface area contributed by atoms with Crippen molar-refractivity contribution in [3.63, 3.8) is 0 Å². The number of amides is 2. The summed E-state index contributed by atoms with van der Waals surface area (Å²) in [7, 11) is 0. The van der Waals surface area contributed by atoms with Crippen molar-refractivity contribution >= 4 is 40.9 Å². The minimum Gasteiger partial charge on any atom is -0.456 e. The van der Waals surface area contributed by atoms with E-state index in [1.165, 1.54) is 30.0 Å². The van der Waals surface area contributed by atoms with Crippen LogP contribution >= 0.6 is 11.8 Å². The Bertz CT molecular complexity index is 874. The van der Waals surface area contributed by atoms with Crippen LogP contribution in [0.15, 0.2) is 53.4 Å². The molecule has 0 saturated heterocycles. The van der Waals surface area contributed by atoms with E-state index in [0.717, 1.165) is 10.6 Å². The molecule has 2 aromatic carbocycles. The number of ether oxygens (including phenoxy) is 1. The number of carbonyl (C=O) groups is 3. The number of halogens is 1. The first-order valence-corrected chi connectivity index (χ1v) is 9.25. The van der Waals surface area contributed by atoms with Crippen LogP contribution in [0, 0.1) is 5.82 Å². The molecule has 1 heterocycles. The predicted molar refractivity (Wildman–Crippen MR) is 100 cm³/mol. The molecule has 0 spiro atoms. The molecule has 8 heteroatoms. The van der Waals surface area contributed by atoms with Gasteiger partial charge < -0.3 is 15.0 Å². The number of nitrogens with one attached hydrogen (secondary N) is 1. The van der Waals surface area contributed by atoms with Gasteiger partial charge in [0.15, 0.2) is 6.61 Å². The van der Waals surface area contributed by atoms with E-state index in [9.17, 15) is 18.8 Å². The van der Waals surface area contributed by atoms with Crippen LogP contribution in [0.1, 0.15) is 6.42 Å². The molecular formula is C19H17FN2O4S. The first-order valence-electron chi connectivity index (χ1n) is 8.27. The van der Waals surface area contributed by atoms with Crippen LogP contribution in [0.25, 0.3) is 0 Å². The summed E-state index contributed by atoms with van der Waals surface area (Å²) in [6.45, 7) is -0.349. The first-order chi connectivity index (χ1) is 13.0. The molecule has 1 aliphatic heterocycles. The van der Waals surface area contributed by atoms with Gasteiger partial charge in [-0.05, 0) is 24.3 Å². The predicted octanol–water partition coefficient (Wildman–Crippen LogP) is 2.84. The average Bonchev–Trinajstić information content (AvgIpc) is 2.67. The molecule has 1 aliphatic rings. The molecule has 0 aliphatic carbocycles. The highest BCUT2D eigenvalue weighted by atomic mass is 32.2. The van der Waals surface area contributed by atoms with E-state index >= 15 is 0 Å². The molecule has 1 N–H and O–H groups in total. The maximum atomic E-state index is 13.5. The Labute approximate surface area is 159 Å². The summed E-state index contributed by atoms with van der Waals surface area (Å²) in [6, 6.07) is 13.2. The van der Waals surface area contributed by atoms with Crippen molar-refractivity contribution in [2.75, 3.05) is 29.1 Å². The number of para-hydroxylation sites is 2. The van der Waals surface area contributed by atoms with Crippen molar-refractivity contribution in [2.24, 2.45) is 0 Å². The Morgan fingerprint density at radius 3 is 2.70 bits per heavy atom. The quantitative estimate of drug-likeness (QED) is 0.770. The summed E-state index contributed by atoms with van der Waals surface area (Å²) in [5.41, 5.74) is 0.787. The average molecular weight is 388 g/mol. The number of hydrogen-bond acceptors (Lipinski definition) is 5. The van der Waals surface area contributed by atoms with Crippen LogP contribution in [0.4, 0.5) is 15.8 Å². The SMILES string of the molecule is O=C(COC(=O)CCN1C(=O)CSc2ccccc21)Nc1ccccc1F. The molecule has 3 rings (SSSR count). The monoisotopic (exact) mass is 388 g/mol. The van der Waals surface area contributed by atoms with Gasteiger partial charge in [0.1, 0.15) is 5.82 Å². The van der Waals surface area contributed by atoms with Gasteiger partial charge >= 0.3 is 5.97 Å². The molecule has 0 radical (unpaired) electrons. The lowest BCUT2D eigenvalue weighted by Gasteiger charge is -2.28. The largest absolute Gasteiger partial charge is 0.456 e. The minimum absolute atomic E-state index is 0.0200. The molecular weight excluding hydrogens is 371 g/mol. The van der Waals surface area contributed by atoms with Gasteiger partial charge in [-0.3, -0.25) is 14.4 Å². The summed E-state index contributed by atoms with van der Waals surface area (Å²) in [4.78, 5) is 38.3. The number of carbonyl (C=O) groups excluding carboxylic acids is 3. The lowest BCUT2D eigenvalue weighted by molar-refractivity contribution is -0.147. The topological polar surface area (TPSA) is 75.7 Å². The van der Waals surface area contributed by atoms with Crippen LogP contribution in [-0.4, -0.2) is 36.7 Å². The van der Waals surface area contributed by atoms with Gasteiger partial charge in [-0.15, -0.1) is 11.8 Å². The van der Waals surface area contributed by atoms with Gasteiger partial charge in [-0.25, -0.2) is 4.39 Å². The number of anilines is 2. The van der Waals surface area contributed by atoms with Crippen molar-refractivity contribution in [2.45, 2.75) is 11.3 Å². The minimum atomic E-state index is -0.635.